The maximum Gasteiger partial charge on any atom is 0.0379 e. The van der Waals surface area contributed by atoms with E-state index in [9.17, 15) is 0 Å². The van der Waals surface area contributed by atoms with Gasteiger partial charge in [-0.1, -0.05) is 19.0 Å². The Morgan fingerprint density at radius 3 is 2.70 bits per heavy atom. The first-order chi connectivity index (χ1) is 4.64. The van der Waals surface area contributed by atoms with E-state index in [4.69, 9.17) is 5.53 Å². The molecular weight excluding hydrogens is 126 g/mol. The topological polar surface area (TPSA) is 48.8 Å². The minimum Gasteiger partial charge on any atom is -0.0906 e. The van der Waals surface area contributed by atoms with E-state index in [1.54, 1.807) is 0 Å². The molecule has 0 bridgehead atoms. The van der Waals surface area contributed by atoms with Crippen LogP contribution >= 0.6 is 0 Å². The highest BCUT2D eigenvalue weighted by molar-refractivity contribution is 4.86. The highest BCUT2D eigenvalue weighted by Gasteiger charge is 2.29. The van der Waals surface area contributed by atoms with Crippen LogP contribution in [0.5, 0.6) is 0 Å². The molecule has 0 aromatic carbocycles. The fourth-order valence-electron chi connectivity index (χ4n) is 1.57. The summed E-state index contributed by atoms with van der Waals surface area (Å²) in [6.45, 7) is 4.44. The van der Waals surface area contributed by atoms with Crippen molar-refractivity contribution in [2.75, 3.05) is 0 Å². The molecule has 1 rings (SSSR count). The molecule has 0 heterocycles. The molecule has 1 aliphatic carbocycles. The Kier molecular flexibility index (Phi) is 1.86. The molecule has 1 saturated carbocycles. The predicted octanol–water partition coefficient (Wildman–Crippen LogP) is 2.88. The lowest BCUT2D eigenvalue weighted by Crippen LogP contribution is -2.05. The summed E-state index contributed by atoms with van der Waals surface area (Å²) in [6, 6.07) is 0.264. The van der Waals surface area contributed by atoms with Gasteiger partial charge < -0.3 is 0 Å². The monoisotopic (exact) mass is 139 g/mol. The molecule has 56 valence electrons. The Morgan fingerprint density at radius 2 is 2.30 bits per heavy atom. The van der Waals surface area contributed by atoms with Gasteiger partial charge in [-0.2, -0.15) is 0 Å². The van der Waals surface area contributed by atoms with Gasteiger partial charge in [-0.15, -0.1) is 0 Å². The molecular formula is C7H13N3. The third-order valence-corrected chi connectivity index (χ3v) is 2.16. The zero-order chi connectivity index (χ0) is 7.61. The van der Waals surface area contributed by atoms with Gasteiger partial charge in [-0.25, -0.2) is 0 Å². The normalized spacial score (nSPS) is 29.6. The molecule has 0 aromatic heterocycles. The molecule has 3 nitrogen and oxygen atoms in total. The summed E-state index contributed by atoms with van der Waals surface area (Å²) in [5, 5.41) is 3.70. The Hall–Kier alpha value is -0.690. The van der Waals surface area contributed by atoms with Crippen LogP contribution in [0.2, 0.25) is 0 Å². The molecule has 10 heavy (non-hydrogen) atoms. The van der Waals surface area contributed by atoms with Gasteiger partial charge in [0.05, 0.1) is 0 Å². The van der Waals surface area contributed by atoms with E-state index in [-0.39, 0.29) is 6.04 Å². The van der Waals surface area contributed by atoms with Gasteiger partial charge in [0.1, 0.15) is 0 Å². The third-order valence-electron chi connectivity index (χ3n) is 2.16. The second-order valence-corrected chi connectivity index (χ2v) is 3.77. The third kappa shape index (κ3) is 1.64. The van der Waals surface area contributed by atoms with Gasteiger partial charge >= 0.3 is 0 Å². The van der Waals surface area contributed by atoms with E-state index in [1.165, 1.54) is 6.42 Å². The Bertz CT molecular complexity index is 168. The summed E-state index contributed by atoms with van der Waals surface area (Å²) < 4.78 is 0. The molecule has 0 aromatic rings. The zero-order valence-corrected chi connectivity index (χ0v) is 6.54. The van der Waals surface area contributed by atoms with Crippen molar-refractivity contribution in [3.8, 4) is 0 Å². The van der Waals surface area contributed by atoms with Crippen LogP contribution in [0.25, 0.3) is 10.4 Å². The quantitative estimate of drug-likeness (QED) is 0.304. The first-order valence-corrected chi connectivity index (χ1v) is 3.68. The van der Waals surface area contributed by atoms with Crippen LogP contribution in [0.3, 0.4) is 0 Å². The van der Waals surface area contributed by atoms with Gasteiger partial charge in [-0.05, 0) is 30.2 Å². The van der Waals surface area contributed by atoms with Gasteiger partial charge in [0, 0.05) is 11.0 Å². The molecule has 0 spiro atoms. The van der Waals surface area contributed by atoms with E-state index in [1.807, 2.05) is 0 Å². The summed E-state index contributed by atoms with van der Waals surface area (Å²) >= 11 is 0. The van der Waals surface area contributed by atoms with Gasteiger partial charge in [0.15, 0.2) is 0 Å². The minimum absolute atomic E-state index is 0.264. The van der Waals surface area contributed by atoms with Crippen molar-refractivity contribution in [1.29, 1.82) is 0 Å². The second-order valence-electron chi connectivity index (χ2n) is 3.77. The highest BCUT2D eigenvalue weighted by Crippen LogP contribution is 2.38. The van der Waals surface area contributed by atoms with Crippen LogP contribution in [0.15, 0.2) is 5.11 Å². The summed E-state index contributed by atoms with van der Waals surface area (Å²) in [7, 11) is 0. The Labute approximate surface area is 61.1 Å². The molecule has 1 aliphatic rings. The van der Waals surface area contributed by atoms with Gasteiger partial charge in [0.25, 0.3) is 0 Å². The molecule has 0 N–H and O–H groups in total. The van der Waals surface area contributed by atoms with Crippen LogP contribution in [0.1, 0.15) is 33.1 Å². The summed E-state index contributed by atoms with van der Waals surface area (Å²) in [6.07, 6.45) is 3.31. The molecule has 0 radical (unpaired) electrons. The largest absolute Gasteiger partial charge is 0.0906 e. The lowest BCUT2D eigenvalue weighted by molar-refractivity contribution is 0.376. The van der Waals surface area contributed by atoms with Crippen LogP contribution in [-0.2, 0) is 0 Å². The van der Waals surface area contributed by atoms with E-state index in [2.05, 4.69) is 23.9 Å². The lowest BCUT2D eigenvalue weighted by Gasteiger charge is -2.14. The van der Waals surface area contributed by atoms with E-state index >= 15 is 0 Å². The fourth-order valence-corrected chi connectivity index (χ4v) is 1.57. The smallest absolute Gasteiger partial charge is 0.0379 e. The summed E-state index contributed by atoms with van der Waals surface area (Å²) in [5.74, 6) is 0. The molecule has 1 atom stereocenters. The molecule has 0 amide bonds. The standard InChI is InChI=1S/C7H13N3/c1-7(2)4-3-6(5-7)9-10-8/h6H,3-5H2,1-2H3/t6-/m1/s1. The Morgan fingerprint density at radius 1 is 1.60 bits per heavy atom. The molecule has 0 saturated heterocycles. The average molecular weight is 139 g/mol. The number of hydrogen-bond donors (Lipinski definition) is 0. The fraction of sp³-hybridized carbons (Fsp3) is 1.00. The maximum absolute atomic E-state index is 8.16. The van der Waals surface area contributed by atoms with Crippen molar-refractivity contribution in [2.24, 2.45) is 10.5 Å². The van der Waals surface area contributed by atoms with Crippen LogP contribution in [0.4, 0.5) is 0 Å². The highest BCUT2D eigenvalue weighted by atomic mass is 15.1. The van der Waals surface area contributed by atoms with E-state index in [0.29, 0.717) is 5.41 Å². The molecule has 3 heteroatoms. The lowest BCUT2D eigenvalue weighted by atomic mass is 9.92. The molecule has 0 aliphatic heterocycles. The average Bonchev–Trinajstić information content (AvgIpc) is 2.12. The Balaban J connectivity index is 2.51. The van der Waals surface area contributed by atoms with Crippen LogP contribution in [-0.4, -0.2) is 6.04 Å². The molecule has 0 unspecified atom stereocenters. The summed E-state index contributed by atoms with van der Waals surface area (Å²) in [5.41, 5.74) is 8.56. The first kappa shape index (κ1) is 7.42. The van der Waals surface area contributed by atoms with Crippen molar-refractivity contribution in [2.45, 2.75) is 39.2 Å². The first-order valence-electron chi connectivity index (χ1n) is 3.68. The van der Waals surface area contributed by atoms with Crippen molar-refractivity contribution < 1.29 is 0 Å². The van der Waals surface area contributed by atoms with Crippen molar-refractivity contribution in [3.63, 3.8) is 0 Å². The SMILES string of the molecule is CC1(C)CC[C@@H](N=[N+]=[N-])C1. The van der Waals surface area contributed by atoms with Crippen LogP contribution < -0.4 is 0 Å². The minimum atomic E-state index is 0.264. The summed E-state index contributed by atoms with van der Waals surface area (Å²) in [4.78, 5) is 2.81. The van der Waals surface area contributed by atoms with Crippen molar-refractivity contribution >= 4 is 0 Å². The van der Waals surface area contributed by atoms with Crippen molar-refractivity contribution in [1.82, 2.24) is 0 Å². The maximum atomic E-state index is 8.16. The van der Waals surface area contributed by atoms with E-state index < -0.39 is 0 Å². The number of rotatable bonds is 1. The number of nitrogens with zero attached hydrogens (tertiary/aromatic N) is 3. The van der Waals surface area contributed by atoms with Gasteiger partial charge in [0.2, 0.25) is 0 Å². The van der Waals surface area contributed by atoms with Gasteiger partial charge in [-0.3, -0.25) is 0 Å². The van der Waals surface area contributed by atoms with Crippen LogP contribution in [0, 0.1) is 5.41 Å². The number of azide groups is 1. The zero-order valence-electron chi connectivity index (χ0n) is 6.54. The van der Waals surface area contributed by atoms with Crippen molar-refractivity contribution in [3.05, 3.63) is 10.4 Å². The number of hydrogen-bond acceptors (Lipinski definition) is 1. The second kappa shape index (κ2) is 2.51. The molecule has 1 fully saturated rings. The predicted molar refractivity (Wildman–Crippen MR) is 40.6 cm³/mol. The van der Waals surface area contributed by atoms with E-state index in [0.717, 1.165) is 12.8 Å².